The number of hydrogen-bond acceptors (Lipinski definition) is 7. The highest BCUT2D eigenvalue weighted by Gasteiger charge is 2.27. The lowest BCUT2D eigenvalue weighted by Crippen LogP contribution is -2.37. The summed E-state index contributed by atoms with van der Waals surface area (Å²) in [4.78, 5) is 35.1. The van der Waals surface area contributed by atoms with Crippen LogP contribution in [0, 0.1) is 0 Å². The van der Waals surface area contributed by atoms with E-state index in [4.69, 9.17) is 18.5 Å². The van der Waals surface area contributed by atoms with E-state index in [9.17, 15) is 19.0 Å². The standard InChI is InChI=1S/C38H72NO8P/c1-6-8-10-12-14-16-17-18-19-20-21-23-24-26-28-30-37(40)44-34-36(35-46-48(42,43)45-33-32-39(3,4)5)47-38(41)31-29-27-25-22-15-13-11-9-7-2/h14,16,18-19,36H,6-13,15,17,20-35H2,1-5H3/p+1/b16-14+,19-18+/t36-/m0/s1. The van der Waals surface area contributed by atoms with Crippen LogP contribution < -0.4 is 0 Å². The first kappa shape index (κ1) is 46.5. The number of phosphoric ester groups is 1. The van der Waals surface area contributed by atoms with Crippen LogP contribution >= 0.6 is 7.82 Å². The van der Waals surface area contributed by atoms with Crippen molar-refractivity contribution in [2.45, 2.75) is 161 Å². The molecule has 0 aromatic rings. The molecule has 0 heterocycles. The molecule has 0 amide bonds. The fourth-order valence-corrected chi connectivity index (χ4v) is 5.67. The molecule has 1 N–H and O–H groups in total. The zero-order valence-corrected chi connectivity index (χ0v) is 32.4. The Morgan fingerprint density at radius 3 is 1.69 bits per heavy atom. The Hall–Kier alpha value is -1.51. The number of ether oxygens (including phenoxy) is 2. The zero-order chi connectivity index (χ0) is 35.8. The second-order valence-corrected chi connectivity index (χ2v) is 15.4. The van der Waals surface area contributed by atoms with Gasteiger partial charge in [-0.2, -0.15) is 0 Å². The molecule has 0 aliphatic carbocycles. The summed E-state index contributed by atoms with van der Waals surface area (Å²) in [6, 6.07) is 0. The molecule has 0 aliphatic rings. The van der Waals surface area contributed by atoms with Crippen molar-refractivity contribution in [3.8, 4) is 0 Å². The number of carbonyl (C=O) groups excluding carboxylic acids is 2. The van der Waals surface area contributed by atoms with Gasteiger partial charge in [-0.1, -0.05) is 122 Å². The molecule has 0 aromatic carbocycles. The number of unbranched alkanes of at least 4 members (excludes halogenated alkanes) is 16. The first-order chi connectivity index (χ1) is 23.0. The second-order valence-electron chi connectivity index (χ2n) is 14.0. The largest absolute Gasteiger partial charge is 0.472 e. The van der Waals surface area contributed by atoms with Crippen molar-refractivity contribution in [1.29, 1.82) is 0 Å². The maximum absolute atomic E-state index is 12.6. The number of phosphoric acid groups is 1. The fraction of sp³-hybridized carbons (Fsp3) is 0.842. The van der Waals surface area contributed by atoms with Crippen molar-refractivity contribution in [2.75, 3.05) is 47.5 Å². The molecular weight excluding hydrogens is 629 g/mol. The van der Waals surface area contributed by atoms with Gasteiger partial charge in [0.2, 0.25) is 0 Å². The van der Waals surface area contributed by atoms with E-state index in [0.29, 0.717) is 17.4 Å². The normalized spacial score (nSPS) is 14.0. The van der Waals surface area contributed by atoms with Gasteiger partial charge in [0, 0.05) is 12.8 Å². The minimum atomic E-state index is -4.36. The third-order valence-electron chi connectivity index (χ3n) is 7.98. The van der Waals surface area contributed by atoms with Crippen LogP contribution in [0.1, 0.15) is 155 Å². The van der Waals surface area contributed by atoms with Crippen molar-refractivity contribution in [2.24, 2.45) is 0 Å². The van der Waals surface area contributed by atoms with Gasteiger partial charge in [0.25, 0.3) is 0 Å². The first-order valence-corrected chi connectivity index (χ1v) is 20.6. The summed E-state index contributed by atoms with van der Waals surface area (Å²) in [5, 5.41) is 0. The predicted octanol–water partition coefficient (Wildman–Crippen LogP) is 10.0. The summed E-state index contributed by atoms with van der Waals surface area (Å²) in [6.45, 7) is 4.34. The molecule has 1 unspecified atom stereocenters. The van der Waals surface area contributed by atoms with Crippen LogP contribution in [0.15, 0.2) is 24.3 Å². The molecule has 0 radical (unpaired) electrons. The summed E-state index contributed by atoms with van der Waals surface area (Å²) in [5.41, 5.74) is 0. The van der Waals surface area contributed by atoms with E-state index in [2.05, 4.69) is 38.2 Å². The van der Waals surface area contributed by atoms with Crippen LogP contribution in [0.2, 0.25) is 0 Å². The van der Waals surface area contributed by atoms with Crippen molar-refractivity contribution in [3.63, 3.8) is 0 Å². The number of nitrogens with zero attached hydrogens (tertiary/aromatic N) is 1. The molecule has 2 atom stereocenters. The Bertz CT molecular complexity index is 886. The average Bonchev–Trinajstić information content (AvgIpc) is 3.02. The fourth-order valence-electron chi connectivity index (χ4n) is 4.92. The number of hydrogen-bond donors (Lipinski definition) is 1. The maximum atomic E-state index is 12.6. The highest BCUT2D eigenvalue weighted by Crippen LogP contribution is 2.43. The van der Waals surface area contributed by atoms with Crippen LogP contribution in [0.4, 0.5) is 0 Å². The van der Waals surface area contributed by atoms with Crippen molar-refractivity contribution in [3.05, 3.63) is 24.3 Å². The van der Waals surface area contributed by atoms with E-state index in [1.54, 1.807) is 0 Å². The van der Waals surface area contributed by atoms with Gasteiger partial charge in [-0.05, 0) is 44.9 Å². The Labute approximate surface area is 294 Å². The third kappa shape index (κ3) is 34.4. The monoisotopic (exact) mass is 703 g/mol. The first-order valence-electron chi connectivity index (χ1n) is 19.1. The molecule has 0 saturated carbocycles. The molecule has 10 heteroatoms. The maximum Gasteiger partial charge on any atom is 0.472 e. The van der Waals surface area contributed by atoms with Crippen molar-refractivity contribution >= 4 is 19.8 Å². The quantitative estimate of drug-likeness (QED) is 0.0232. The number of likely N-dealkylation sites (N-methyl/N-ethyl adjacent to an activating group) is 1. The Morgan fingerprint density at radius 1 is 0.646 bits per heavy atom. The lowest BCUT2D eigenvalue weighted by Gasteiger charge is -2.24. The smallest absolute Gasteiger partial charge is 0.462 e. The Balaban J connectivity index is 4.42. The van der Waals surface area contributed by atoms with Gasteiger partial charge in [0.1, 0.15) is 19.8 Å². The van der Waals surface area contributed by atoms with E-state index in [0.717, 1.165) is 57.8 Å². The van der Waals surface area contributed by atoms with E-state index >= 15 is 0 Å². The van der Waals surface area contributed by atoms with Gasteiger partial charge in [-0.25, -0.2) is 4.57 Å². The zero-order valence-electron chi connectivity index (χ0n) is 31.5. The van der Waals surface area contributed by atoms with E-state index in [-0.39, 0.29) is 32.0 Å². The highest BCUT2D eigenvalue weighted by molar-refractivity contribution is 7.47. The molecule has 282 valence electrons. The van der Waals surface area contributed by atoms with Gasteiger partial charge in [-0.15, -0.1) is 0 Å². The number of allylic oxidation sites excluding steroid dienone is 4. The lowest BCUT2D eigenvalue weighted by molar-refractivity contribution is -0.870. The van der Waals surface area contributed by atoms with Crippen LogP contribution in [-0.2, 0) is 32.7 Å². The van der Waals surface area contributed by atoms with E-state index < -0.39 is 26.5 Å². The molecular formula is C38H73NO8P+. The number of esters is 2. The van der Waals surface area contributed by atoms with Gasteiger partial charge >= 0.3 is 19.8 Å². The molecule has 0 aromatic heterocycles. The van der Waals surface area contributed by atoms with Gasteiger partial charge in [0.15, 0.2) is 6.10 Å². The highest BCUT2D eigenvalue weighted by atomic mass is 31.2. The minimum Gasteiger partial charge on any atom is -0.462 e. The summed E-state index contributed by atoms with van der Waals surface area (Å²) in [6.07, 6.45) is 30.8. The third-order valence-corrected chi connectivity index (χ3v) is 8.97. The van der Waals surface area contributed by atoms with Crippen LogP contribution in [0.5, 0.6) is 0 Å². The SMILES string of the molecule is CCCCC/C=C/C/C=C/CCCCCCCC(=O)OC[C@@H](COP(=O)(O)OCC[N+](C)(C)C)OC(=O)CCCCCCCCCCC. The molecule has 0 bridgehead atoms. The second kappa shape index (κ2) is 31.5. The Morgan fingerprint density at radius 2 is 1.12 bits per heavy atom. The molecule has 0 saturated heterocycles. The molecule has 0 aliphatic heterocycles. The molecule has 0 fully saturated rings. The molecule has 9 nitrogen and oxygen atoms in total. The molecule has 0 rings (SSSR count). The number of carbonyl (C=O) groups is 2. The van der Waals surface area contributed by atoms with E-state index in [1.165, 1.54) is 64.2 Å². The topological polar surface area (TPSA) is 108 Å². The molecule has 0 spiro atoms. The summed E-state index contributed by atoms with van der Waals surface area (Å²) in [5.74, 6) is -0.818. The Kier molecular flexibility index (Phi) is 30.5. The van der Waals surface area contributed by atoms with Crippen molar-refractivity contribution in [1.82, 2.24) is 0 Å². The summed E-state index contributed by atoms with van der Waals surface area (Å²) in [7, 11) is 1.47. The van der Waals surface area contributed by atoms with Gasteiger partial charge in [0.05, 0.1) is 27.7 Å². The predicted molar refractivity (Wildman–Crippen MR) is 197 cm³/mol. The minimum absolute atomic E-state index is 0.0306. The van der Waals surface area contributed by atoms with E-state index in [1.807, 2.05) is 21.1 Å². The summed E-state index contributed by atoms with van der Waals surface area (Å²) < 4.78 is 34.1. The van der Waals surface area contributed by atoms with Gasteiger partial charge in [-0.3, -0.25) is 18.6 Å². The van der Waals surface area contributed by atoms with Crippen molar-refractivity contribution < 1.29 is 42.1 Å². The number of rotatable bonds is 34. The average molecular weight is 703 g/mol. The lowest BCUT2D eigenvalue weighted by atomic mass is 10.1. The van der Waals surface area contributed by atoms with Gasteiger partial charge < -0.3 is 18.9 Å². The van der Waals surface area contributed by atoms with Crippen LogP contribution in [-0.4, -0.2) is 74.9 Å². The number of quaternary nitrogens is 1. The van der Waals surface area contributed by atoms with Crippen LogP contribution in [0.25, 0.3) is 0 Å². The molecule has 48 heavy (non-hydrogen) atoms. The summed E-state index contributed by atoms with van der Waals surface area (Å²) >= 11 is 0. The van der Waals surface area contributed by atoms with Crippen LogP contribution in [0.3, 0.4) is 0 Å².